The van der Waals surface area contributed by atoms with Crippen LogP contribution in [0.2, 0.25) is 0 Å². The molecule has 0 spiro atoms. The van der Waals surface area contributed by atoms with Crippen molar-refractivity contribution in [2.24, 2.45) is 5.92 Å². The third-order valence-electron chi connectivity index (χ3n) is 3.49. The number of ether oxygens (including phenoxy) is 1. The Morgan fingerprint density at radius 2 is 2.10 bits per heavy atom. The van der Waals surface area contributed by atoms with Crippen molar-refractivity contribution in [3.63, 3.8) is 0 Å². The molecule has 0 aromatic carbocycles. The summed E-state index contributed by atoms with van der Waals surface area (Å²) in [7, 11) is -1.86. The fraction of sp³-hybridized carbons (Fsp3) is 1.00. The molecule has 1 saturated heterocycles. The van der Waals surface area contributed by atoms with Gasteiger partial charge in [-0.3, -0.25) is 0 Å². The molecule has 0 bridgehead atoms. The Labute approximate surface area is 128 Å². The van der Waals surface area contributed by atoms with E-state index in [1.165, 1.54) is 4.31 Å². The summed E-state index contributed by atoms with van der Waals surface area (Å²) in [5, 5.41) is 0. The average molecular weight is 327 g/mol. The number of rotatable bonds is 8. The highest BCUT2D eigenvalue weighted by Crippen LogP contribution is 2.24. The van der Waals surface area contributed by atoms with Gasteiger partial charge in [0, 0.05) is 38.7 Å². The van der Waals surface area contributed by atoms with Crippen molar-refractivity contribution < 1.29 is 13.2 Å². The molecule has 0 N–H and O–H groups in total. The second-order valence-corrected chi connectivity index (χ2v) is 7.86. The van der Waals surface area contributed by atoms with Gasteiger partial charge in [0.05, 0.1) is 6.61 Å². The van der Waals surface area contributed by atoms with E-state index >= 15 is 0 Å². The summed E-state index contributed by atoms with van der Waals surface area (Å²) in [6.07, 6.45) is 2.81. The number of methoxy groups -OCH3 is 1. The monoisotopic (exact) mass is 326 g/mol. The SMILES string of the molecule is COCCN(CC(C)C)S(=O)(=O)N1CCCCC1CCl. The highest BCUT2D eigenvalue weighted by molar-refractivity contribution is 7.86. The first-order valence-corrected chi connectivity index (χ1v) is 9.18. The van der Waals surface area contributed by atoms with Gasteiger partial charge in [-0.15, -0.1) is 11.6 Å². The maximum Gasteiger partial charge on any atom is 0.282 e. The molecule has 1 atom stereocenters. The molecule has 1 fully saturated rings. The van der Waals surface area contributed by atoms with Gasteiger partial charge in [0.25, 0.3) is 10.2 Å². The number of hydrogen-bond acceptors (Lipinski definition) is 3. The smallest absolute Gasteiger partial charge is 0.282 e. The summed E-state index contributed by atoms with van der Waals surface area (Å²) < 4.78 is 33.8. The van der Waals surface area contributed by atoms with Crippen LogP contribution in [0, 0.1) is 5.92 Å². The summed E-state index contributed by atoms with van der Waals surface area (Å²) in [6.45, 7) is 5.92. The van der Waals surface area contributed by atoms with Crippen molar-refractivity contribution in [3.05, 3.63) is 0 Å². The van der Waals surface area contributed by atoms with Crippen LogP contribution in [0.25, 0.3) is 0 Å². The van der Waals surface area contributed by atoms with Crippen LogP contribution in [0.3, 0.4) is 0 Å². The standard InChI is InChI=1S/C13H27ClN2O3S/c1-12(2)11-15(8-9-19-3)20(17,18)16-7-5-4-6-13(16)10-14/h12-13H,4-11H2,1-3H3. The zero-order valence-corrected chi connectivity index (χ0v) is 14.3. The van der Waals surface area contributed by atoms with E-state index in [0.717, 1.165) is 19.3 Å². The summed E-state index contributed by atoms with van der Waals surface area (Å²) in [6, 6.07) is -0.0763. The molecule has 0 aromatic rings. The summed E-state index contributed by atoms with van der Waals surface area (Å²) in [4.78, 5) is 0. The molecular weight excluding hydrogens is 300 g/mol. The molecule has 1 aliphatic heterocycles. The van der Waals surface area contributed by atoms with Crippen LogP contribution in [0.1, 0.15) is 33.1 Å². The lowest BCUT2D eigenvalue weighted by Crippen LogP contribution is -2.52. The Bertz CT molecular complexity index is 376. The maximum absolute atomic E-state index is 12.8. The fourth-order valence-corrected chi connectivity index (χ4v) is 4.89. The van der Waals surface area contributed by atoms with E-state index in [4.69, 9.17) is 16.3 Å². The van der Waals surface area contributed by atoms with Crippen molar-refractivity contribution in [1.82, 2.24) is 8.61 Å². The number of halogens is 1. The molecular formula is C13H27ClN2O3S. The number of nitrogens with zero attached hydrogens (tertiary/aromatic N) is 2. The topological polar surface area (TPSA) is 49.9 Å². The van der Waals surface area contributed by atoms with E-state index in [1.54, 1.807) is 11.4 Å². The first-order chi connectivity index (χ1) is 9.43. The third-order valence-corrected chi connectivity index (χ3v) is 5.90. The normalized spacial score (nSPS) is 21.8. The molecule has 20 heavy (non-hydrogen) atoms. The van der Waals surface area contributed by atoms with Crippen molar-refractivity contribution >= 4 is 21.8 Å². The van der Waals surface area contributed by atoms with Gasteiger partial charge < -0.3 is 4.74 Å². The van der Waals surface area contributed by atoms with Gasteiger partial charge in [0.2, 0.25) is 0 Å². The van der Waals surface area contributed by atoms with Gasteiger partial charge in [-0.05, 0) is 18.8 Å². The highest BCUT2D eigenvalue weighted by Gasteiger charge is 2.36. The first-order valence-electron chi connectivity index (χ1n) is 7.25. The quantitative estimate of drug-likeness (QED) is 0.640. The summed E-state index contributed by atoms with van der Waals surface area (Å²) >= 11 is 5.95. The van der Waals surface area contributed by atoms with Crippen molar-refractivity contribution in [3.8, 4) is 0 Å². The minimum Gasteiger partial charge on any atom is -0.383 e. The van der Waals surface area contributed by atoms with Gasteiger partial charge >= 0.3 is 0 Å². The minimum atomic E-state index is -3.45. The van der Waals surface area contributed by atoms with Crippen molar-refractivity contribution in [1.29, 1.82) is 0 Å². The van der Waals surface area contributed by atoms with E-state index < -0.39 is 10.2 Å². The predicted octanol–water partition coefficient (Wildman–Crippen LogP) is 1.93. The van der Waals surface area contributed by atoms with Crippen molar-refractivity contribution in [2.75, 3.05) is 39.2 Å². The molecule has 120 valence electrons. The molecule has 0 radical (unpaired) electrons. The molecule has 5 nitrogen and oxygen atoms in total. The largest absolute Gasteiger partial charge is 0.383 e. The van der Waals surface area contributed by atoms with Crippen LogP contribution < -0.4 is 0 Å². The van der Waals surface area contributed by atoms with Crippen LogP contribution in [-0.2, 0) is 14.9 Å². The molecule has 1 unspecified atom stereocenters. The molecule has 0 aromatic heterocycles. The van der Waals surface area contributed by atoms with Crippen molar-refractivity contribution in [2.45, 2.75) is 39.2 Å². The van der Waals surface area contributed by atoms with Crippen LogP contribution in [0.5, 0.6) is 0 Å². The Balaban J connectivity index is 2.88. The summed E-state index contributed by atoms with van der Waals surface area (Å²) in [5.74, 6) is 0.639. The van der Waals surface area contributed by atoms with Crippen LogP contribution in [0.15, 0.2) is 0 Å². The lowest BCUT2D eigenvalue weighted by molar-refractivity contribution is 0.167. The zero-order valence-electron chi connectivity index (χ0n) is 12.7. The number of piperidine rings is 1. The molecule has 1 aliphatic rings. The van der Waals surface area contributed by atoms with Gasteiger partial charge in [-0.1, -0.05) is 20.3 Å². The molecule has 0 aliphatic carbocycles. The lowest BCUT2D eigenvalue weighted by atomic mass is 10.1. The van der Waals surface area contributed by atoms with Crippen LogP contribution in [-0.4, -0.2) is 62.3 Å². The minimum absolute atomic E-state index is 0.0763. The second-order valence-electron chi connectivity index (χ2n) is 5.67. The Morgan fingerprint density at radius 1 is 1.40 bits per heavy atom. The molecule has 1 heterocycles. The zero-order chi connectivity index (χ0) is 15.2. The Kier molecular flexibility index (Phi) is 7.75. The average Bonchev–Trinajstić information content (AvgIpc) is 2.42. The molecule has 7 heteroatoms. The van der Waals surface area contributed by atoms with Gasteiger partial charge in [-0.25, -0.2) is 0 Å². The molecule has 0 saturated carbocycles. The first kappa shape index (κ1) is 18.2. The summed E-state index contributed by atoms with van der Waals surface area (Å²) in [5.41, 5.74) is 0. The van der Waals surface area contributed by atoms with E-state index in [2.05, 4.69) is 0 Å². The maximum atomic E-state index is 12.8. The van der Waals surface area contributed by atoms with Gasteiger partial charge in [-0.2, -0.15) is 17.0 Å². The predicted molar refractivity (Wildman–Crippen MR) is 82.3 cm³/mol. The fourth-order valence-electron chi connectivity index (χ4n) is 2.48. The number of hydrogen-bond donors (Lipinski definition) is 0. The van der Waals surface area contributed by atoms with E-state index in [-0.39, 0.29) is 12.0 Å². The van der Waals surface area contributed by atoms with E-state index in [9.17, 15) is 8.42 Å². The van der Waals surface area contributed by atoms with Crippen LogP contribution >= 0.6 is 11.6 Å². The van der Waals surface area contributed by atoms with Gasteiger partial charge in [0.15, 0.2) is 0 Å². The molecule has 0 amide bonds. The highest BCUT2D eigenvalue weighted by atomic mass is 35.5. The van der Waals surface area contributed by atoms with E-state index in [0.29, 0.717) is 32.1 Å². The van der Waals surface area contributed by atoms with E-state index in [1.807, 2.05) is 13.8 Å². The Hall–Kier alpha value is 0.120. The number of alkyl halides is 1. The molecule has 1 rings (SSSR count). The van der Waals surface area contributed by atoms with Gasteiger partial charge in [0.1, 0.15) is 0 Å². The Morgan fingerprint density at radius 3 is 2.65 bits per heavy atom. The second kappa shape index (κ2) is 8.54. The lowest BCUT2D eigenvalue weighted by Gasteiger charge is -2.37. The third kappa shape index (κ3) is 4.84. The van der Waals surface area contributed by atoms with Crippen LogP contribution in [0.4, 0.5) is 0 Å².